The number of nitrogens with one attached hydrogen (secondary N) is 1. The summed E-state index contributed by atoms with van der Waals surface area (Å²) < 4.78 is 22.2. The van der Waals surface area contributed by atoms with E-state index in [9.17, 15) is 8.42 Å². The van der Waals surface area contributed by atoms with Crippen LogP contribution < -0.4 is 16.2 Å². The normalized spacial score (nSPS) is 24.8. The molecule has 1 heterocycles. The van der Waals surface area contributed by atoms with E-state index in [1.807, 2.05) is 0 Å². The number of aromatic nitrogens is 1. The molecule has 0 spiro atoms. The molecule has 1 aromatic heterocycles. The lowest BCUT2D eigenvalue weighted by molar-refractivity contribution is 0.403. The van der Waals surface area contributed by atoms with Crippen LogP contribution in [0.2, 0.25) is 0 Å². The SMILES string of the molecule is N[C@@H]1CCCC[C@H]1Nc1ccc(S(N)(=O)=O)cn1. The Hall–Kier alpha value is -1.18. The number of anilines is 1. The summed E-state index contributed by atoms with van der Waals surface area (Å²) in [6, 6.07) is 3.38. The first-order valence-electron chi connectivity index (χ1n) is 5.98. The van der Waals surface area contributed by atoms with E-state index in [0.29, 0.717) is 5.82 Å². The lowest BCUT2D eigenvalue weighted by Crippen LogP contribution is -2.42. The van der Waals surface area contributed by atoms with Gasteiger partial charge >= 0.3 is 0 Å². The van der Waals surface area contributed by atoms with Crippen molar-refractivity contribution >= 4 is 15.8 Å². The van der Waals surface area contributed by atoms with Crippen LogP contribution in [-0.4, -0.2) is 25.5 Å². The highest BCUT2D eigenvalue weighted by molar-refractivity contribution is 7.89. The first-order valence-corrected chi connectivity index (χ1v) is 7.52. The topological polar surface area (TPSA) is 111 Å². The molecule has 100 valence electrons. The minimum atomic E-state index is -3.68. The largest absolute Gasteiger partial charge is 0.366 e. The first-order chi connectivity index (χ1) is 8.47. The zero-order chi connectivity index (χ0) is 13.2. The van der Waals surface area contributed by atoms with Crippen LogP contribution in [0, 0.1) is 0 Å². The van der Waals surface area contributed by atoms with Gasteiger partial charge in [-0.2, -0.15) is 0 Å². The Balaban J connectivity index is 2.06. The number of hydrogen-bond donors (Lipinski definition) is 3. The quantitative estimate of drug-likeness (QED) is 0.736. The van der Waals surface area contributed by atoms with Crippen LogP contribution in [0.1, 0.15) is 25.7 Å². The number of nitrogens with two attached hydrogens (primary N) is 2. The molecule has 0 saturated heterocycles. The number of primary sulfonamides is 1. The van der Waals surface area contributed by atoms with Crippen LogP contribution in [0.15, 0.2) is 23.2 Å². The zero-order valence-electron chi connectivity index (χ0n) is 10.0. The molecular weight excluding hydrogens is 252 g/mol. The molecule has 0 unspecified atom stereocenters. The van der Waals surface area contributed by atoms with Crippen LogP contribution in [-0.2, 0) is 10.0 Å². The molecule has 2 rings (SSSR count). The van der Waals surface area contributed by atoms with Crippen molar-refractivity contribution in [2.75, 3.05) is 5.32 Å². The molecule has 1 fully saturated rings. The van der Waals surface area contributed by atoms with E-state index in [4.69, 9.17) is 10.9 Å². The average Bonchev–Trinajstić information content (AvgIpc) is 2.32. The number of hydrogen-bond acceptors (Lipinski definition) is 5. The van der Waals surface area contributed by atoms with E-state index in [1.54, 1.807) is 6.07 Å². The molecule has 18 heavy (non-hydrogen) atoms. The summed E-state index contributed by atoms with van der Waals surface area (Å²) in [5, 5.41) is 8.24. The van der Waals surface area contributed by atoms with Gasteiger partial charge in [-0.3, -0.25) is 0 Å². The maximum absolute atomic E-state index is 11.1. The molecule has 1 aromatic rings. The Labute approximate surface area is 107 Å². The average molecular weight is 270 g/mol. The predicted molar refractivity (Wildman–Crippen MR) is 69.5 cm³/mol. The fourth-order valence-electron chi connectivity index (χ4n) is 2.16. The van der Waals surface area contributed by atoms with Gasteiger partial charge in [0, 0.05) is 18.3 Å². The molecule has 2 atom stereocenters. The molecular formula is C11H18N4O2S. The summed E-state index contributed by atoms with van der Waals surface area (Å²) in [5.41, 5.74) is 6.02. The van der Waals surface area contributed by atoms with Crippen molar-refractivity contribution < 1.29 is 8.42 Å². The van der Waals surface area contributed by atoms with Gasteiger partial charge in [0.15, 0.2) is 0 Å². The highest BCUT2D eigenvalue weighted by atomic mass is 32.2. The van der Waals surface area contributed by atoms with Gasteiger partial charge in [-0.1, -0.05) is 12.8 Å². The Kier molecular flexibility index (Phi) is 3.84. The Morgan fingerprint density at radius 1 is 1.28 bits per heavy atom. The number of pyridine rings is 1. The fourth-order valence-corrected chi connectivity index (χ4v) is 2.62. The van der Waals surface area contributed by atoms with Crippen LogP contribution >= 0.6 is 0 Å². The minimum Gasteiger partial charge on any atom is -0.366 e. The van der Waals surface area contributed by atoms with Gasteiger partial charge in [-0.25, -0.2) is 18.5 Å². The van der Waals surface area contributed by atoms with Crippen molar-refractivity contribution in [3.8, 4) is 0 Å². The molecule has 6 nitrogen and oxygen atoms in total. The van der Waals surface area contributed by atoms with Crippen LogP contribution in [0.3, 0.4) is 0 Å². The first kappa shape index (κ1) is 13.3. The standard InChI is InChI=1S/C11H18N4O2S/c12-9-3-1-2-4-10(9)15-11-6-5-8(7-14-11)18(13,16)17/h5-7,9-10H,1-4,12H2,(H,14,15)(H2,13,16,17)/t9-,10-/m1/s1. The summed E-state index contributed by atoms with van der Waals surface area (Å²) in [7, 11) is -3.68. The number of nitrogens with zero attached hydrogens (tertiary/aromatic N) is 1. The van der Waals surface area contributed by atoms with Gasteiger partial charge in [0.05, 0.1) is 0 Å². The second kappa shape index (κ2) is 5.21. The number of sulfonamides is 1. The molecule has 0 amide bonds. The second-order valence-electron chi connectivity index (χ2n) is 4.62. The molecule has 0 radical (unpaired) electrons. The van der Waals surface area contributed by atoms with Crippen molar-refractivity contribution in [1.29, 1.82) is 0 Å². The predicted octanol–water partition coefficient (Wildman–Crippen LogP) is 0.411. The molecule has 5 N–H and O–H groups in total. The summed E-state index contributed by atoms with van der Waals surface area (Å²) in [5.74, 6) is 0.629. The van der Waals surface area contributed by atoms with Crippen molar-refractivity contribution in [1.82, 2.24) is 4.98 Å². The van der Waals surface area contributed by atoms with Gasteiger partial charge in [0.2, 0.25) is 10.0 Å². The van der Waals surface area contributed by atoms with Gasteiger partial charge in [-0.15, -0.1) is 0 Å². The second-order valence-corrected chi connectivity index (χ2v) is 6.18. The van der Waals surface area contributed by atoms with Crippen LogP contribution in [0.25, 0.3) is 0 Å². The maximum Gasteiger partial charge on any atom is 0.239 e. The monoisotopic (exact) mass is 270 g/mol. The van der Waals surface area contributed by atoms with Crippen LogP contribution in [0.5, 0.6) is 0 Å². The highest BCUT2D eigenvalue weighted by Gasteiger charge is 2.21. The van der Waals surface area contributed by atoms with Gasteiger partial charge < -0.3 is 11.1 Å². The lowest BCUT2D eigenvalue weighted by Gasteiger charge is -2.29. The Morgan fingerprint density at radius 2 is 2.00 bits per heavy atom. The van der Waals surface area contributed by atoms with Gasteiger partial charge in [0.1, 0.15) is 10.7 Å². The third-order valence-electron chi connectivity index (χ3n) is 3.22. The van der Waals surface area contributed by atoms with E-state index in [0.717, 1.165) is 25.7 Å². The van der Waals surface area contributed by atoms with Gasteiger partial charge in [0.25, 0.3) is 0 Å². The summed E-state index contributed by atoms with van der Waals surface area (Å²) >= 11 is 0. The molecule has 1 saturated carbocycles. The van der Waals surface area contributed by atoms with E-state index in [2.05, 4.69) is 10.3 Å². The van der Waals surface area contributed by atoms with E-state index >= 15 is 0 Å². The lowest BCUT2D eigenvalue weighted by atomic mass is 9.91. The summed E-state index contributed by atoms with van der Waals surface area (Å²) in [4.78, 5) is 4.06. The third kappa shape index (κ3) is 3.18. The van der Waals surface area contributed by atoms with E-state index in [-0.39, 0.29) is 17.0 Å². The smallest absolute Gasteiger partial charge is 0.239 e. The Morgan fingerprint density at radius 3 is 2.56 bits per heavy atom. The molecule has 0 aliphatic heterocycles. The zero-order valence-corrected chi connectivity index (χ0v) is 10.9. The van der Waals surface area contributed by atoms with Crippen LogP contribution in [0.4, 0.5) is 5.82 Å². The Bertz CT molecular complexity index is 500. The summed E-state index contributed by atoms with van der Waals surface area (Å²) in [6.07, 6.45) is 5.59. The molecule has 1 aliphatic rings. The maximum atomic E-state index is 11.1. The molecule has 0 bridgehead atoms. The molecule has 0 aromatic carbocycles. The summed E-state index contributed by atoms with van der Waals surface area (Å²) in [6.45, 7) is 0. The fraction of sp³-hybridized carbons (Fsp3) is 0.545. The van der Waals surface area contributed by atoms with Crippen molar-refractivity contribution in [3.63, 3.8) is 0 Å². The van der Waals surface area contributed by atoms with Gasteiger partial charge in [-0.05, 0) is 25.0 Å². The highest BCUT2D eigenvalue weighted by Crippen LogP contribution is 2.20. The van der Waals surface area contributed by atoms with Crippen molar-refractivity contribution in [2.45, 2.75) is 42.7 Å². The molecule has 1 aliphatic carbocycles. The minimum absolute atomic E-state index is 0.0148. The third-order valence-corrected chi connectivity index (χ3v) is 4.12. The van der Waals surface area contributed by atoms with E-state index < -0.39 is 10.0 Å². The number of rotatable bonds is 3. The van der Waals surface area contributed by atoms with Crippen molar-refractivity contribution in [3.05, 3.63) is 18.3 Å². The molecule has 7 heteroatoms. The van der Waals surface area contributed by atoms with Crippen molar-refractivity contribution in [2.24, 2.45) is 10.9 Å². The van der Waals surface area contributed by atoms with E-state index in [1.165, 1.54) is 12.3 Å².